The van der Waals surface area contributed by atoms with Crippen LogP contribution in [0.3, 0.4) is 0 Å². The van der Waals surface area contributed by atoms with E-state index >= 15 is 0 Å². The second kappa shape index (κ2) is 10.0. The summed E-state index contributed by atoms with van der Waals surface area (Å²) >= 11 is 7.68. The van der Waals surface area contributed by atoms with Crippen LogP contribution in [0, 0.1) is 0 Å². The third kappa shape index (κ3) is 6.45. The highest BCUT2D eigenvalue weighted by molar-refractivity contribution is 7.99. The van der Waals surface area contributed by atoms with Crippen LogP contribution in [0.25, 0.3) is 0 Å². The van der Waals surface area contributed by atoms with Crippen molar-refractivity contribution >= 4 is 35.0 Å². The van der Waals surface area contributed by atoms with Crippen LogP contribution < -0.4 is 10.1 Å². The number of rotatable bonds is 7. The number of carbonyl (C=O) groups is 1. The van der Waals surface area contributed by atoms with Crippen molar-refractivity contribution in [2.45, 2.75) is 24.7 Å². The summed E-state index contributed by atoms with van der Waals surface area (Å²) in [5, 5.41) is 3.67. The first-order chi connectivity index (χ1) is 13.1. The molecule has 0 saturated carbocycles. The zero-order valence-corrected chi connectivity index (χ0v) is 17.1. The summed E-state index contributed by atoms with van der Waals surface area (Å²) in [4.78, 5) is 14.4. The van der Waals surface area contributed by atoms with Gasteiger partial charge in [-0.05, 0) is 55.8 Å². The molecule has 1 N–H and O–H groups in total. The van der Waals surface area contributed by atoms with Crippen LogP contribution in [-0.4, -0.2) is 42.8 Å². The van der Waals surface area contributed by atoms with E-state index in [0.717, 1.165) is 53.7 Å². The molecular weight excluding hydrogens is 380 g/mol. The molecule has 0 aromatic heterocycles. The maximum Gasteiger partial charge on any atom is 0.234 e. The van der Waals surface area contributed by atoms with Crippen molar-refractivity contribution in [3.8, 4) is 5.75 Å². The summed E-state index contributed by atoms with van der Waals surface area (Å²) in [7, 11) is 2.14. The van der Waals surface area contributed by atoms with Gasteiger partial charge in [-0.3, -0.25) is 4.79 Å². The molecule has 2 aromatic rings. The molecule has 0 unspecified atom stereocenters. The fraction of sp³-hybridized carbons (Fsp3) is 0.381. The second-order valence-corrected chi connectivity index (χ2v) is 8.17. The molecule has 27 heavy (non-hydrogen) atoms. The highest BCUT2D eigenvalue weighted by Crippen LogP contribution is 2.22. The van der Waals surface area contributed by atoms with Gasteiger partial charge in [-0.15, -0.1) is 11.8 Å². The molecule has 0 atom stereocenters. The van der Waals surface area contributed by atoms with E-state index in [-0.39, 0.29) is 12.0 Å². The molecule has 0 aliphatic carbocycles. The van der Waals surface area contributed by atoms with Gasteiger partial charge in [-0.2, -0.15) is 0 Å². The first-order valence-electron chi connectivity index (χ1n) is 9.16. The number of ether oxygens (including phenoxy) is 1. The van der Waals surface area contributed by atoms with E-state index in [4.69, 9.17) is 16.3 Å². The average molecular weight is 405 g/mol. The Labute approximate surface area is 170 Å². The Bertz CT molecular complexity index is 746. The van der Waals surface area contributed by atoms with Gasteiger partial charge in [0.25, 0.3) is 0 Å². The Balaban J connectivity index is 1.41. The normalized spacial score (nSPS) is 15.5. The minimum absolute atomic E-state index is 0.0176. The maximum absolute atomic E-state index is 12.1. The smallest absolute Gasteiger partial charge is 0.234 e. The number of piperidine rings is 1. The van der Waals surface area contributed by atoms with Gasteiger partial charge >= 0.3 is 0 Å². The van der Waals surface area contributed by atoms with Crippen LogP contribution in [-0.2, 0) is 10.5 Å². The van der Waals surface area contributed by atoms with E-state index < -0.39 is 0 Å². The summed E-state index contributed by atoms with van der Waals surface area (Å²) in [5.41, 5.74) is 1.83. The van der Waals surface area contributed by atoms with Gasteiger partial charge < -0.3 is 15.0 Å². The average Bonchev–Trinajstić information content (AvgIpc) is 2.67. The molecular formula is C21H25ClN2O2S. The van der Waals surface area contributed by atoms with Crippen molar-refractivity contribution < 1.29 is 9.53 Å². The van der Waals surface area contributed by atoms with E-state index in [1.807, 2.05) is 48.5 Å². The number of likely N-dealkylation sites (tertiary alicyclic amines) is 1. The monoisotopic (exact) mass is 404 g/mol. The predicted molar refractivity (Wildman–Crippen MR) is 114 cm³/mol. The van der Waals surface area contributed by atoms with E-state index in [1.165, 1.54) is 0 Å². The number of benzene rings is 2. The quantitative estimate of drug-likeness (QED) is 0.727. The lowest BCUT2D eigenvalue weighted by molar-refractivity contribution is -0.113. The number of nitrogens with one attached hydrogen (secondary N) is 1. The van der Waals surface area contributed by atoms with E-state index in [2.05, 4.69) is 17.3 Å². The number of anilines is 1. The summed E-state index contributed by atoms with van der Waals surface area (Å²) in [6.45, 7) is 2.15. The fourth-order valence-electron chi connectivity index (χ4n) is 2.98. The minimum Gasteiger partial charge on any atom is -0.490 e. The largest absolute Gasteiger partial charge is 0.490 e. The van der Waals surface area contributed by atoms with Crippen molar-refractivity contribution in [3.05, 3.63) is 59.1 Å². The molecule has 0 bridgehead atoms. The Kier molecular flexibility index (Phi) is 7.44. The van der Waals surface area contributed by atoms with Crippen LogP contribution in [0.1, 0.15) is 18.4 Å². The van der Waals surface area contributed by atoms with Gasteiger partial charge in [0.05, 0.1) is 5.75 Å². The summed E-state index contributed by atoms with van der Waals surface area (Å²) < 4.78 is 6.03. The standard InChI is InChI=1S/C21H25ClN2O2S/c1-24-12-10-19(11-13-24)26-18-8-6-17(7-9-18)23-21(25)15-27-14-16-4-2-3-5-20(16)22/h2-9,19H,10-15H2,1H3,(H,23,25). The molecule has 6 heteroatoms. The number of carbonyl (C=O) groups excluding carboxylic acids is 1. The summed E-state index contributed by atoms with van der Waals surface area (Å²) in [5.74, 6) is 1.95. The molecule has 1 fully saturated rings. The molecule has 0 radical (unpaired) electrons. The Morgan fingerprint density at radius 1 is 1.19 bits per heavy atom. The number of nitrogens with zero attached hydrogens (tertiary/aromatic N) is 1. The summed E-state index contributed by atoms with van der Waals surface area (Å²) in [6.07, 6.45) is 2.39. The minimum atomic E-state index is -0.0176. The lowest BCUT2D eigenvalue weighted by Gasteiger charge is -2.29. The molecule has 0 spiro atoms. The van der Waals surface area contributed by atoms with Crippen molar-refractivity contribution in [1.82, 2.24) is 4.90 Å². The van der Waals surface area contributed by atoms with Crippen molar-refractivity contribution in [2.75, 3.05) is 31.2 Å². The van der Waals surface area contributed by atoms with Crippen LogP contribution in [0.4, 0.5) is 5.69 Å². The van der Waals surface area contributed by atoms with Gasteiger partial charge in [0.2, 0.25) is 5.91 Å². The Morgan fingerprint density at radius 2 is 1.89 bits per heavy atom. The number of hydrogen-bond donors (Lipinski definition) is 1. The highest BCUT2D eigenvalue weighted by atomic mass is 35.5. The summed E-state index contributed by atoms with van der Waals surface area (Å²) in [6, 6.07) is 15.3. The zero-order valence-electron chi connectivity index (χ0n) is 15.5. The molecule has 1 amide bonds. The van der Waals surface area contributed by atoms with E-state index in [9.17, 15) is 4.79 Å². The second-order valence-electron chi connectivity index (χ2n) is 6.78. The lowest BCUT2D eigenvalue weighted by Crippen LogP contribution is -2.35. The van der Waals surface area contributed by atoms with Crippen LogP contribution in [0.15, 0.2) is 48.5 Å². The number of amides is 1. The highest BCUT2D eigenvalue weighted by Gasteiger charge is 2.17. The lowest BCUT2D eigenvalue weighted by atomic mass is 10.1. The van der Waals surface area contributed by atoms with Gasteiger partial charge in [0.15, 0.2) is 0 Å². The molecule has 2 aromatic carbocycles. The third-order valence-corrected chi connectivity index (χ3v) is 5.91. The zero-order chi connectivity index (χ0) is 19.1. The van der Waals surface area contributed by atoms with Gasteiger partial charge in [-0.1, -0.05) is 29.8 Å². The van der Waals surface area contributed by atoms with E-state index in [1.54, 1.807) is 11.8 Å². The number of thioether (sulfide) groups is 1. The molecule has 1 aliphatic rings. The molecule has 1 heterocycles. The van der Waals surface area contributed by atoms with Crippen molar-refractivity contribution in [3.63, 3.8) is 0 Å². The van der Waals surface area contributed by atoms with Gasteiger partial charge in [0, 0.05) is 29.6 Å². The topological polar surface area (TPSA) is 41.6 Å². The predicted octanol–water partition coefficient (Wildman–Crippen LogP) is 4.68. The van der Waals surface area contributed by atoms with E-state index in [0.29, 0.717) is 5.75 Å². The van der Waals surface area contributed by atoms with Crippen LogP contribution >= 0.6 is 23.4 Å². The third-order valence-electron chi connectivity index (χ3n) is 4.55. The van der Waals surface area contributed by atoms with Crippen LogP contribution in [0.5, 0.6) is 5.75 Å². The Morgan fingerprint density at radius 3 is 2.59 bits per heavy atom. The first-order valence-corrected chi connectivity index (χ1v) is 10.7. The van der Waals surface area contributed by atoms with Gasteiger partial charge in [-0.25, -0.2) is 0 Å². The molecule has 3 rings (SSSR count). The molecule has 144 valence electrons. The van der Waals surface area contributed by atoms with Crippen molar-refractivity contribution in [1.29, 1.82) is 0 Å². The number of hydrogen-bond acceptors (Lipinski definition) is 4. The molecule has 4 nitrogen and oxygen atoms in total. The number of halogens is 1. The fourth-order valence-corrected chi connectivity index (χ4v) is 4.09. The molecule has 1 aliphatic heterocycles. The first kappa shape index (κ1) is 20.1. The van der Waals surface area contributed by atoms with Crippen molar-refractivity contribution in [2.24, 2.45) is 0 Å². The SMILES string of the molecule is CN1CCC(Oc2ccc(NC(=O)CSCc3ccccc3Cl)cc2)CC1. The van der Waals surface area contributed by atoms with Crippen LogP contribution in [0.2, 0.25) is 5.02 Å². The molecule has 1 saturated heterocycles. The van der Waals surface area contributed by atoms with Gasteiger partial charge in [0.1, 0.15) is 11.9 Å². The maximum atomic E-state index is 12.1. The Hall–Kier alpha value is -1.69.